The van der Waals surface area contributed by atoms with Crippen molar-refractivity contribution in [3.8, 4) is 5.75 Å². The fraction of sp³-hybridized carbons (Fsp3) is 0.420. The highest BCUT2D eigenvalue weighted by atomic mass is 32.2. The molecule has 68 heavy (non-hydrogen) atoms. The van der Waals surface area contributed by atoms with E-state index in [1.54, 1.807) is 72.8 Å². The molecule has 360 valence electrons. The molecule has 5 N–H and O–H groups in total. The quantitative estimate of drug-likeness (QED) is 0.0256. The highest BCUT2D eigenvalue weighted by Crippen LogP contribution is 2.61. The van der Waals surface area contributed by atoms with Crippen LogP contribution in [-0.4, -0.2) is 97.4 Å². The minimum atomic E-state index is -4.45. The van der Waals surface area contributed by atoms with Gasteiger partial charge in [-0.05, 0) is 111 Å². The monoisotopic (exact) mass is 968 g/mol. The fourth-order valence-corrected chi connectivity index (χ4v) is 12.8. The van der Waals surface area contributed by atoms with Gasteiger partial charge in [0.1, 0.15) is 5.75 Å². The average Bonchev–Trinajstić information content (AvgIpc) is 3.61. The van der Waals surface area contributed by atoms with Gasteiger partial charge in [0.15, 0.2) is 13.2 Å². The molecule has 16 nitrogen and oxygen atoms in total. The maximum Gasteiger partial charge on any atom is 0.269 e. The molecule has 2 saturated carbocycles. The molecule has 3 amide bonds. The summed E-state index contributed by atoms with van der Waals surface area (Å²) in [6, 6.07) is 25.3. The maximum absolute atomic E-state index is 14.9. The van der Waals surface area contributed by atoms with Crippen LogP contribution in [-0.2, 0) is 41.1 Å². The lowest BCUT2D eigenvalue weighted by Crippen LogP contribution is -2.45. The van der Waals surface area contributed by atoms with Gasteiger partial charge >= 0.3 is 0 Å². The van der Waals surface area contributed by atoms with Gasteiger partial charge in [-0.2, -0.15) is 13.0 Å². The van der Waals surface area contributed by atoms with Crippen molar-refractivity contribution in [1.82, 2.24) is 14.9 Å². The van der Waals surface area contributed by atoms with Crippen LogP contribution in [0.25, 0.3) is 21.8 Å². The van der Waals surface area contributed by atoms with Gasteiger partial charge < -0.3 is 25.7 Å². The fourth-order valence-electron chi connectivity index (χ4n) is 10.8. The number of nitrogens with zero attached hydrogens (tertiary/aromatic N) is 3. The molecule has 0 radical (unpaired) electrons. The Morgan fingerprint density at radius 2 is 1.53 bits per heavy atom. The summed E-state index contributed by atoms with van der Waals surface area (Å²) in [5.74, 6) is -1.19. The number of amides is 3. The Labute approximate surface area is 396 Å². The van der Waals surface area contributed by atoms with E-state index in [9.17, 15) is 46.0 Å². The topological polar surface area (TPSA) is 233 Å². The summed E-state index contributed by atoms with van der Waals surface area (Å²) in [6.45, 7) is 3.61. The number of para-hydroxylation sites is 2. The number of phenols is 1. The van der Waals surface area contributed by atoms with Crippen molar-refractivity contribution in [3.63, 3.8) is 0 Å². The molecule has 0 unspecified atom stereocenters. The number of aryl methyl sites for hydroxylation is 2. The summed E-state index contributed by atoms with van der Waals surface area (Å²) < 4.78 is 63.9. The van der Waals surface area contributed by atoms with Crippen LogP contribution in [0.2, 0.25) is 0 Å². The van der Waals surface area contributed by atoms with E-state index in [0.29, 0.717) is 39.9 Å². The van der Waals surface area contributed by atoms with Gasteiger partial charge in [0.25, 0.3) is 32.0 Å². The number of benzene rings is 4. The molecular weight excluding hydrogens is 911 g/mol. The number of rotatable bonds is 17. The first-order chi connectivity index (χ1) is 32.5. The van der Waals surface area contributed by atoms with Crippen molar-refractivity contribution in [1.29, 1.82) is 0 Å². The van der Waals surface area contributed by atoms with Crippen molar-refractivity contribution in [3.05, 3.63) is 113 Å². The molecule has 5 atom stereocenters. The first-order valence-electron chi connectivity index (χ1n) is 23.1. The number of carbonyl (C=O) groups excluding carboxylic acids is 3. The Morgan fingerprint density at radius 3 is 2.21 bits per heavy atom. The third-order valence-corrected chi connectivity index (χ3v) is 16.8. The number of fused-ring (bicyclic) bond motifs is 7. The van der Waals surface area contributed by atoms with Crippen LogP contribution in [0.3, 0.4) is 0 Å². The predicted octanol–water partition coefficient (Wildman–Crippen LogP) is 5.51. The molecule has 18 heteroatoms. The van der Waals surface area contributed by atoms with Crippen LogP contribution in [0.5, 0.6) is 5.75 Å². The number of phenolic OH excluding ortho intramolecular Hbond substituents is 1. The number of oxime groups is 1. The van der Waals surface area contributed by atoms with E-state index < -0.39 is 43.6 Å². The Balaban J connectivity index is 0.900. The average molecular weight is 969 g/mol. The Morgan fingerprint density at radius 1 is 0.868 bits per heavy atom. The lowest BCUT2D eigenvalue weighted by molar-refractivity contribution is -0.645. The van der Waals surface area contributed by atoms with Crippen LogP contribution < -0.4 is 15.2 Å². The van der Waals surface area contributed by atoms with Gasteiger partial charge in [-0.3, -0.25) is 18.9 Å². The third-order valence-electron chi connectivity index (χ3n) is 14.2. The SMILES string of the molecule is Cc1ccc(S(=O)(=O)N(CCCC(=O)NCCNC(=O)CO/N=C2/C[C@@H]3[C@H](CC[C@]4(C)[C@@H](O)CC[C@@H]34)c3ccc(O)cc32)C(=O)c2c3ccccc3[n+](CCCS(=O)(=O)O)c3ccccc23)cc1. The van der Waals surface area contributed by atoms with Crippen molar-refractivity contribution >= 4 is 65.4 Å². The standard InChI is InChI=1S/C50H57N5O11S2/c1-32-14-17-34(18-15-32)68(64,65)55(49(60)48-37-9-3-5-11-43(37)54(26-8-28-67(61,62)63)44-12-6-4-10-38(44)48)27-7-13-46(58)51-24-25-52-47(59)31-66-53-42-30-39-36(35-19-16-33(56)29-40(35)42)22-23-50(2)41(39)20-21-45(50)57/h3-6,9-12,14-19,29,36,39,41,45,57H,7-8,13,20-28,30-31H2,1-2H3,(H3-,51,52,56,58,59,61,62,63)/p+1/b53-42-/t36-,39-,41+,45+,50+/m1/s1. The van der Waals surface area contributed by atoms with Gasteiger partial charge in [0.2, 0.25) is 16.9 Å². The number of aliphatic hydroxyl groups is 1. The molecule has 3 aliphatic carbocycles. The molecule has 1 heterocycles. The summed E-state index contributed by atoms with van der Waals surface area (Å²) >= 11 is 0. The van der Waals surface area contributed by atoms with E-state index >= 15 is 0 Å². The largest absolute Gasteiger partial charge is 0.508 e. The Hall–Kier alpha value is -5.95. The number of hydrogen-bond donors (Lipinski definition) is 5. The van der Waals surface area contributed by atoms with Crippen molar-refractivity contribution in [2.45, 2.75) is 88.7 Å². The second-order valence-corrected chi connectivity index (χ2v) is 21.9. The zero-order chi connectivity index (χ0) is 48.4. The predicted molar refractivity (Wildman–Crippen MR) is 255 cm³/mol. The normalized spacial score (nSPS) is 21.7. The summed E-state index contributed by atoms with van der Waals surface area (Å²) in [7, 11) is -8.69. The number of aromatic hydroxyl groups is 1. The van der Waals surface area contributed by atoms with E-state index in [1.807, 2.05) is 17.6 Å². The van der Waals surface area contributed by atoms with Gasteiger partial charge in [-0.25, -0.2) is 12.7 Å². The van der Waals surface area contributed by atoms with Crippen LogP contribution in [0, 0.1) is 24.2 Å². The van der Waals surface area contributed by atoms with E-state index in [2.05, 4.69) is 22.7 Å². The molecular formula is C50H58N5O11S2+. The second-order valence-electron chi connectivity index (χ2n) is 18.5. The smallest absolute Gasteiger partial charge is 0.269 e. The number of nitrogens with one attached hydrogen (secondary N) is 2. The zero-order valence-electron chi connectivity index (χ0n) is 38.1. The van der Waals surface area contributed by atoms with E-state index in [-0.39, 0.29) is 91.6 Å². The summed E-state index contributed by atoms with van der Waals surface area (Å²) in [5, 5.41) is 31.9. The maximum atomic E-state index is 14.9. The Bertz CT molecular complexity index is 2940. The van der Waals surface area contributed by atoms with Gasteiger partial charge in [-0.15, -0.1) is 0 Å². The number of aliphatic hydroxyl groups excluding tert-OH is 1. The third kappa shape index (κ3) is 10.1. The molecule has 0 saturated heterocycles. The number of pyridine rings is 1. The Kier molecular flexibility index (Phi) is 14.2. The number of hydrogen-bond acceptors (Lipinski definition) is 11. The highest BCUT2D eigenvalue weighted by Gasteiger charge is 2.55. The van der Waals surface area contributed by atoms with Gasteiger partial charge in [0, 0.05) is 50.2 Å². The zero-order valence-corrected chi connectivity index (χ0v) is 39.8. The summed E-state index contributed by atoms with van der Waals surface area (Å²) in [6.07, 6.45) is 3.77. The molecule has 0 bridgehead atoms. The second kappa shape index (κ2) is 19.9. The molecule has 8 rings (SSSR count). The highest BCUT2D eigenvalue weighted by molar-refractivity contribution is 7.89. The number of sulfonamides is 1. The molecule has 0 aliphatic heterocycles. The van der Waals surface area contributed by atoms with Crippen LogP contribution in [0.4, 0.5) is 0 Å². The molecule has 3 aliphatic rings. The molecule has 0 spiro atoms. The summed E-state index contributed by atoms with van der Waals surface area (Å²) in [4.78, 5) is 46.2. The van der Waals surface area contributed by atoms with Crippen molar-refractivity contribution in [2.24, 2.45) is 22.4 Å². The minimum Gasteiger partial charge on any atom is -0.508 e. The van der Waals surface area contributed by atoms with Crippen LogP contribution in [0.1, 0.15) is 91.3 Å². The summed E-state index contributed by atoms with van der Waals surface area (Å²) in [5.41, 5.74) is 4.44. The molecule has 2 fully saturated rings. The van der Waals surface area contributed by atoms with E-state index in [0.717, 1.165) is 46.7 Å². The van der Waals surface area contributed by atoms with Crippen LogP contribution >= 0.6 is 0 Å². The minimum absolute atomic E-state index is 0.0232. The van der Waals surface area contributed by atoms with E-state index in [4.69, 9.17) is 4.84 Å². The van der Waals surface area contributed by atoms with Gasteiger partial charge in [-0.1, -0.05) is 60.1 Å². The lowest BCUT2D eigenvalue weighted by atomic mass is 9.55. The van der Waals surface area contributed by atoms with Crippen LogP contribution in [0.15, 0.2) is 101 Å². The van der Waals surface area contributed by atoms with Crippen molar-refractivity contribution in [2.75, 3.05) is 32.0 Å². The van der Waals surface area contributed by atoms with E-state index in [1.165, 1.54) is 12.1 Å². The first-order valence-corrected chi connectivity index (χ1v) is 26.2. The van der Waals surface area contributed by atoms with Gasteiger partial charge in [0.05, 0.1) is 38.8 Å². The molecule has 4 aromatic carbocycles. The first kappa shape index (κ1) is 48.5. The molecule has 1 aromatic heterocycles. The van der Waals surface area contributed by atoms with Crippen molar-refractivity contribution < 1.29 is 55.4 Å². The number of aromatic nitrogens is 1. The number of carbonyl (C=O) groups is 3. The lowest BCUT2D eigenvalue weighted by Gasteiger charge is -2.50. The molecule has 5 aromatic rings.